The zero-order valence-electron chi connectivity index (χ0n) is 16.1. The summed E-state index contributed by atoms with van der Waals surface area (Å²) in [4.78, 5) is 11.3. The number of hydrogen-bond donors (Lipinski definition) is 1. The van der Waals surface area contributed by atoms with Crippen LogP contribution in [0, 0.1) is 5.82 Å². The molecule has 1 N–H and O–H groups in total. The van der Waals surface area contributed by atoms with Crippen molar-refractivity contribution in [3.05, 3.63) is 50.7 Å². The molecule has 148 valence electrons. The van der Waals surface area contributed by atoms with Gasteiger partial charge in [0.1, 0.15) is 16.9 Å². The zero-order chi connectivity index (χ0) is 19.8. The van der Waals surface area contributed by atoms with Crippen LogP contribution in [0.15, 0.2) is 28.6 Å². The molecule has 27 heavy (non-hydrogen) atoms. The fraction of sp³-hybridized carbons (Fsp3) is 0.474. The van der Waals surface area contributed by atoms with Gasteiger partial charge in [-0.15, -0.1) is 11.3 Å². The van der Waals surface area contributed by atoms with Crippen LogP contribution in [0.5, 0.6) is 0 Å². The van der Waals surface area contributed by atoms with E-state index in [1.165, 1.54) is 12.1 Å². The minimum absolute atomic E-state index is 0.00332. The number of hydrogen-bond acceptors (Lipinski definition) is 4. The van der Waals surface area contributed by atoms with Crippen LogP contribution in [0.2, 0.25) is 5.02 Å². The Bertz CT molecular complexity index is 768. The summed E-state index contributed by atoms with van der Waals surface area (Å²) in [6.45, 7) is 5.99. The molecular formula is C19H26ClFN4OS. The van der Waals surface area contributed by atoms with E-state index in [1.54, 1.807) is 24.5 Å². The number of nitrogens with one attached hydrogen (secondary N) is 1. The van der Waals surface area contributed by atoms with Crippen molar-refractivity contribution in [3.63, 3.8) is 0 Å². The quantitative estimate of drug-likeness (QED) is 0.519. The Morgan fingerprint density at radius 2 is 2.26 bits per heavy atom. The number of benzene rings is 1. The summed E-state index contributed by atoms with van der Waals surface area (Å²) in [5.74, 6) is 0.468. The maximum Gasteiger partial charge on any atom is 0.194 e. The maximum absolute atomic E-state index is 13.1. The first kappa shape index (κ1) is 21.6. The third kappa shape index (κ3) is 6.45. The number of aliphatic imine (C=N–C) groups is 1. The minimum Gasteiger partial charge on any atom is -0.375 e. The van der Waals surface area contributed by atoms with E-state index in [4.69, 9.17) is 16.3 Å². The zero-order valence-corrected chi connectivity index (χ0v) is 17.7. The molecule has 0 fully saturated rings. The average molecular weight is 413 g/mol. The lowest BCUT2D eigenvalue weighted by molar-refractivity contribution is 0.119. The van der Waals surface area contributed by atoms with Crippen LogP contribution in [0.3, 0.4) is 0 Å². The van der Waals surface area contributed by atoms with Crippen molar-refractivity contribution in [2.75, 3.05) is 27.2 Å². The van der Waals surface area contributed by atoms with Gasteiger partial charge in [-0.05, 0) is 38.0 Å². The number of nitrogens with zero attached hydrogens (tertiary/aromatic N) is 3. The van der Waals surface area contributed by atoms with E-state index in [2.05, 4.69) is 15.3 Å². The van der Waals surface area contributed by atoms with Gasteiger partial charge in [0, 0.05) is 37.6 Å². The van der Waals surface area contributed by atoms with Crippen molar-refractivity contribution in [2.24, 2.45) is 4.99 Å². The summed E-state index contributed by atoms with van der Waals surface area (Å²) in [7, 11) is 3.66. The number of ether oxygens (including phenoxy) is 1. The van der Waals surface area contributed by atoms with Gasteiger partial charge in [-0.3, -0.25) is 4.99 Å². The lowest BCUT2D eigenvalue weighted by Gasteiger charge is -2.21. The van der Waals surface area contributed by atoms with E-state index in [0.717, 1.165) is 28.8 Å². The van der Waals surface area contributed by atoms with Crippen LogP contribution in [0.1, 0.15) is 36.2 Å². The van der Waals surface area contributed by atoms with Crippen molar-refractivity contribution >= 4 is 28.9 Å². The number of aromatic nitrogens is 1. The second kappa shape index (κ2) is 10.6. The van der Waals surface area contributed by atoms with E-state index < -0.39 is 0 Å². The number of halogens is 2. The van der Waals surface area contributed by atoms with Crippen LogP contribution in [0.4, 0.5) is 4.39 Å². The molecule has 0 aliphatic rings. The van der Waals surface area contributed by atoms with Gasteiger partial charge in [0.05, 0.1) is 12.2 Å². The number of thiazole rings is 1. The number of guanidine groups is 1. The first-order valence-corrected chi connectivity index (χ1v) is 10.1. The first-order valence-electron chi connectivity index (χ1n) is 8.85. The fourth-order valence-corrected chi connectivity index (χ4v) is 3.58. The molecule has 2 rings (SSSR count). The van der Waals surface area contributed by atoms with Crippen molar-refractivity contribution < 1.29 is 9.13 Å². The van der Waals surface area contributed by atoms with Crippen molar-refractivity contribution in [3.8, 4) is 0 Å². The smallest absolute Gasteiger partial charge is 0.194 e. The van der Waals surface area contributed by atoms with Gasteiger partial charge >= 0.3 is 0 Å². The van der Waals surface area contributed by atoms with Gasteiger partial charge in [0.2, 0.25) is 0 Å². The highest BCUT2D eigenvalue weighted by molar-refractivity contribution is 7.09. The van der Waals surface area contributed by atoms with Crippen LogP contribution >= 0.6 is 22.9 Å². The molecule has 0 saturated heterocycles. The molecule has 1 heterocycles. The molecule has 0 radical (unpaired) electrons. The predicted octanol–water partition coefficient (Wildman–Crippen LogP) is 4.28. The molecule has 0 saturated carbocycles. The van der Waals surface area contributed by atoms with Crippen LogP contribution < -0.4 is 5.32 Å². The first-order chi connectivity index (χ1) is 12.9. The van der Waals surface area contributed by atoms with Gasteiger partial charge in [0.25, 0.3) is 0 Å². The molecule has 1 aromatic heterocycles. The molecule has 1 atom stereocenters. The molecule has 0 aliphatic heterocycles. The molecule has 1 unspecified atom stereocenters. The Kier molecular flexibility index (Phi) is 8.47. The van der Waals surface area contributed by atoms with Gasteiger partial charge in [-0.2, -0.15) is 0 Å². The summed E-state index contributed by atoms with van der Waals surface area (Å²) in [6, 6.07) is 4.46. The molecule has 2 aromatic rings. The van der Waals surface area contributed by atoms with Gasteiger partial charge in [-0.1, -0.05) is 17.7 Å². The Balaban J connectivity index is 1.99. The highest BCUT2D eigenvalue weighted by Crippen LogP contribution is 2.21. The molecule has 5 nitrogen and oxygen atoms in total. The largest absolute Gasteiger partial charge is 0.375 e. The average Bonchev–Trinajstić information content (AvgIpc) is 3.10. The topological polar surface area (TPSA) is 49.8 Å². The monoisotopic (exact) mass is 412 g/mol. The standard InChI is InChI=1S/C19H26ClFN4OS/c1-5-22-19(23-9-8-14-6-7-15(21)10-17(14)20)25(3)11-16-12-27-18(24-16)13(2)26-4/h6-7,10,12-13H,5,8-9,11H2,1-4H3,(H,22,23). The maximum atomic E-state index is 13.1. The van der Waals surface area contributed by atoms with E-state index in [9.17, 15) is 4.39 Å². The highest BCUT2D eigenvalue weighted by atomic mass is 35.5. The second-order valence-corrected chi connectivity index (χ2v) is 7.43. The Morgan fingerprint density at radius 3 is 2.93 bits per heavy atom. The summed E-state index contributed by atoms with van der Waals surface area (Å²) < 4.78 is 18.5. The molecule has 8 heteroatoms. The Morgan fingerprint density at radius 1 is 1.48 bits per heavy atom. The van der Waals surface area contributed by atoms with E-state index in [1.807, 2.05) is 31.2 Å². The third-order valence-corrected chi connectivity index (χ3v) is 5.43. The third-order valence-electron chi connectivity index (χ3n) is 4.02. The molecule has 0 bridgehead atoms. The lowest BCUT2D eigenvalue weighted by atomic mass is 10.1. The minimum atomic E-state index is -0.328. The summed E-state index contributed by atoms with van der Waals surface area (Å²) in [6.07, 6.45) is 0.644. The second-order valence-electron chi connectivity index (χ2n) is 6.13. The van der Waals surface area contributed by atoms with Crippen LogP contribution in [-0.4, -0.2) is 43.1 Å². The van der Waals surface area contributed by atoms with Crippen LogP contribution in [0.25, 0.3) is 0 Å². The fourth-order valence-electron chi connectivity index (χ4n) is 2.48. The van der Waals surface area contributed by atoms with Gasteiger partial charge < -0.3 is 15.0 Å². The van der Waals surface area contributed by atoms with E-state index in [-0.39, 0.29) is 11.9 Å². The SMILES string of the molecule is CCNC(=NCCc1ccc(F)cc1Cl)N(C)Cc1csc(C(C)OC)n1. The predicted molar refractivity (Wildman–Crippen MR) is 110 cm³/mol. The van der Waals surface area contributed by atoms with Gasteiger partial charge in [-0.25, -0.2) is 9.37 Å². The molecule has 0 spiro atoms. The van der Waals surface area contributed by atoms with E-state index >= 15 is 0 Å². The number of methoxy groups -OCH3 is 1. The molecule has 0 amide bonds. The Labute approximate surface area is 169 Å². The summed E-state index contributed by atoms with van der Waals surface area (Å²) >= 11 is 7.68. The lowest BCUT2D eigenvalue weighted by Crippen LogP contribution is -2.38. The van der Waals surface area contributed by atoms with Gasteiger partial charge in [0.15, 0.2) is 5.96 Å². The highest BCUT2D eigenvalue weighted by Gasteiger charge is 2.12. The van der Waals surface area contributed by atoms with Crippen molar-refractivity contribution in [1.82, 2.24) is 15.2 Å². The molecule has 0 aliphatic carbocycles. The summed E-state index contributed by atoms with van der Waals surface area (Å²) in [5.41, 5.74) is 1.87. The Hall–Kier alpha value is -1.70. The molecule has 1 aromatic carbocycles. The summed E-state index contributed by atoms with van der Waals surface area (Å²) in [5, 5.41) is 6.73. The van der Waals surface area contributed by atoms with Crippen molar-refractivity contribution in [1.29, 1.82) is 0 Å². The molecular weight excluding hydrogens is 387 g/mol. The van der Waals surface area contributed by atoms with Crippen LogP contribution in [-0.2, 0) is 17.7 Å². The normalized spacial score (nSPS) is 12.9. The van der Waals surface area contributed by atoms with Crippen molar-refractivity contribution in [2.45, 2.75) is 32.9 Å². The van der Waals surface area contributed by atoms with E-state index in [0.29, 0.717) is 24.5 Å². The number of rotatable bonds is 8.